The molecular weight excluding hydrogens is 330 g/mol. The van der Waals surface area contributed by atoms with Crippen LogP contribution in [0.4, 0.5) is 0 Å². The highest BCUT2D eigenvalue weighted by atomic mass is 16.5. The summed E-state index contributed by atoms with van der Waals surface area (Å²) in [5.74, 6) is 1.45. The van der Waals surface area contributed by atoms with Crippen LogP contribution in [-0.2, 0) is 4.79 Å². The van der Waals surface area contributed by atoms with Gasteiger partial charge in [-0.25, -0.2) is 4.98 Å². The molecule has 5 rings (SSSR count). The van der Waals surface area contributed by atoms with Crippen LogP contribution in [0.5, 0.6) is 5.88 Å². The van der Waals surface area contributed by atoms with E-state index in [0.29, 0.717) is 35.9 Å². The lowest BCUT2D eigenvalue weighted by Crippen LogP contribution is -2.62. The summed E-state index contributed by atoms with van der Waals surface area (Å²) in [7, 11) is 0. The highest BCUT2D eigenvalue weighted by molar-refractivity contribution is 5.92. The van der Waals surface area contributed by atoms with E-state index in [-0.39, 0.29) is 23.3 Å². The molecule has 0 aliphatic heterocycles. The first-order valence-electron chi connectivity index (χ1n) is 9.71. The van der Waals surface area contributed by atoms with Crippen LogP contribution >= 0.6 is 0 Å². The van der Waals surface area contributed by atoms with Gasteiger partial charge in [0.05, 0.1) is 6.61 Å². The van der Waals surface area contributed by atoms with E-state index in [4.69, 9.17) is 10.5 Å². The molecule has 1 heterocycles. The number of ether oxygens (including phenoxy) is 1. The molecule has 1 aromatic rings. The molecule has 140 valence electrons. The van der Waals surface area contributed by atoms with Crippen molar-refractivity contribution in [2.45, 2.75) is 51.5 Å². The molecule has 2 atom stereocenters. The van der Waals surface area contributed by atoms with Gasteiger partial charge in [-0.15, -0.1) is 0 Å². The minimum absolute atomic E-state index is 0.119. The van der Waals surface area contributed by atoms with E-state index in [1.54, 1.807) is 18.2 Å². The van der Waals surface area contributed by atoms with Crippen molar-refractivity contribution in [3.63, 3.8) is 0 Å². The number of amides is 2. The molecule has 0 radical (unpaired) electrons. The Hall–Kier alpha value is -2.11. The predicted molar refractivity (Wildman–Crippen MR) is 96.5 cm³/mol. The van der Waals surface area contributed by atoms with E-state index >= 15 is 0 Å². The number of aromatic nitrogens is 1. The third kappa shape index (κ3) is 2.95. The van der Waals surface area contributed by atoms with Crippen molar-refractivity contribution in [3.05, 3.63) is 23.9 Å². The number of carbonyl (C=O) groups is 2. The SMILES string of the molecule is CCCOc1cccc(C(=O)N[C@H]2C3CC4CC2C[C@](C(N)=O)(C4)C3)n1. The molecule has 3 N–H and O–H groups in total. The normalized spacial score (nSPS) is 34.5. The molecule has 4 bridgehead atoms. The molecule has 0 aromatic carbocycles. The molecule has 4 aliphatic carbocycles. The summed E-state index contributed by atoms with van der Waals surface area (Å²) in [6.45, 7) is 2.61. The van der Waals surface area contributed by atoms with Crippen molar-refractivity contribution in [1.82, 2.24) is 10.3 Å². The molecular formula is C20H27N3O3. The van der Waals surface area contributed by atoms with Gasteiger partial charge >= 0.3 is 0 Å². The van der Waals surface area contributed by atoms with Crippen LogP contribution in [0.25, 0.3) is 0 Å². The van der Waals surface area contributed by atoms with E-state index < -0.39 is 0 Å². The lowest BCUT2D eigenvalue weighted by atomic mass is 9.47. The average molecular weight is 357 g/mol. The Morgan fingerprint density at radius 1 is 1.27 bits per heavy atom. The lowest BCUT2D eigenvalue weighted by molar-refractivity contribution is -0.145. The minimum atomic E-state index is -0.329. The number of rotatable bonds is 6. The molecule has 6 heteroatoms. The summed E-state index contributed by atoms with van der Waals surface area (Å²) in [5, 5.41) is 3.21. The molecule has 0 spiro atoms. The van der Waals surface area contributed by atoms with Crippen molar-refractivity contribution in [2.75, 3.05) is 6.61 Å². The Morgan fingerprint density at radius 3 is 2.65 bits per heavy atom. The number of pyridine rings is 1. The van der Waals surface area contributed by atoms with Gasteiger partial charge in [0, 0.05) is 17.5 Å². The summed E-state index contributed by atoms with van der Waals surface area (Å²) in [5.41, 5.74) is 5.79. The largest absolute Gasteiger partial charge is 0.478 e. The third-order valence-corrected chi connectivity index (χ3v) is 6.50. The quantitative estimate of drug-likeness (QED) is 0.817. The molecule has 0 saturated heterocycles. The minimum Gasteiger partial charge on any atom is -0.478 e. The van der Waals surface area contributed by atoms with Gasteiger partial charge in [-0.3, -0.25) is 9.59 Å². The summed E-state index contributed by atoms with van der Waals surface area (Å²) < 4.78 is 5.53. The number of hydrogen-bond donors (Lipinski definition) is 2. The predicted octanol–water partition coefficient (Wildman–Crippen LogP) is 2.28. The second kappa shape index (κ2) is 6.56. The van der Waals surface area contributed by atoms with Gasteiger partial charge in [0.15, 0.2) is 0 Å². The van der Waals surface area contributed by atoms with Gasteiger partial charge in [-0.2, -0.15) is 0 Å². The van der Waals surface area contributed by atoms with Crippen LogP contribution in [0, 0.1) is 23.2 Å². The summed E-state index contributed by atoms with van der Waals surface area (Å²) in [6.07, 6.45) is 5.63. The maximum Gasteiger partial charge on any atom is 0.270 e. The Morgan fingerprint density at radius 2 is 2.00 bits per heavy atom. The van der Waals surface area contributed by atoms with Crippen molar-refractivity contribution in [3.8, 4) is 5.88 Å². The molecule has 2 amide bonds. The number of nitrogens with zero attached hydrogens (tertiary/aromatic N) is 1. The number of primary amides is 1. The van der Waals surface area contributed by atoms with Gasteiger partial charge in [-0.05, 0) is 62.3 Å². The summed E-state index contributed by atoms with van der Waals surface area (Å²) >= 11 is 0. The fourth-order valence-electron chi connectivity index (χ4n) is 5.62. The zero-order chi connectivity index (χ0) is 18.3. The van der Waals surface area contributed by atoms with E-state index in [1.165, 1.54) is 0 Å². The van der Waals surface area contributed by atoms with E-state index in [1.807, 2.05) is 6.92 Å². The highest BCUT2D eigenvalue weighted by Gasteiger charge is 2.58. The van der Waals surface area contributed by atoms with Gasteiger partial charge < -0.3 is 15.8 Å². The van der Waals surface area contributed by atoms with Crippen LogP contribution in [0.1, 0.15) is 55.9 Å². The molecule has 4 saturated carbocycles. The zero-order valence-electron chi connectivity index (χ0n) is 15.2. The van der Waals surface area contributed by atoms with Crippen LogP contribution in [-0.4, -0.2) is 29.4 Å². The molecule has 4 aliphatic rings. The molecule has 26 heavy (non-hydrogen) atoms. The van der Waals surface area contributed by atoms with Crippen molar-refractivity contribution in [1.29, 1.82) is 0 Å². The summed E-state index contributed by atoms with van der Waals surface area (Å²) in [4.78, 5) is 29.1. The monoisotopic (exact) mass is 357 g/mol. The van der Waals surface area contributed by atoms with Crippen LogP contribution in [0.2, 0.25) is 0 Å². The Labute approximate surface area is 153 Å². The number of carbonyl (C=O) groups excluding carboxylic acids is 2. The molecule has 2 unspecified atom stereocenters. The van der Waals surface area contributed by atoms with E-state index in [9.17, 15) is 9.59 Å². The standard InChI is InChI=1S/C20H27N3O3/c1-2-6-26-16-5-3-4-15(22-16)18(24)23-17-13-7-12-8-14(17)11-20(9-12,10-13)19(21)25/h3-5,12-14,17H,2,6-11H2,1H3,(H2,21,25)(H,23,24)/t12?,13?,14?,17-,20-. The number of nitrogens with one attached hydrogen (secondary N) is 1. The van der Waals surface area contributed by atoms with Crippen molar-refractivity contribution >= 4 is 11.8 Å². The molecule has 1 aromatic heterocycles. The third-order valence-electron chi connectivity index (χ3n) is 6.50. The zero-order valence-corrected chi connectivity index (χ0v) is 15.2. The first kappa shape index (κ1) is 17.3. The maximum atomic E-state index is 12.8. The smallest absolute Gasteiger partial charge is 0.270 e. The highest BCUT2D eigenvalue weighted by Crippen LogP contribution is 2.59. The first-order valence-corrected chi connectivity index (χ1v) is 9.71. The second-order valence-electron chi connectivity index (χ2n) is 8.32. The average Bonchev–Trinajstić information content (AvgIpc) is 2.62. The summed E-state index contributed by atoms with van der Waals surface area (Å²) in [6, 6.07) is 5.40. The fraction of sp³-hybridized carbons (Fsp3) is 0.650. The van der Waals surface area contributed by atoms with Gasteiger partial charge in [0.25, 0.3) is 5.91 Å². The number of nitrogens with two attached hydrogens (primary N) is 1. The fourth-order valence-corrected chi connectivity index (χ4v) is 5.62. The van der Waals surface area contributed by atoms with Gasteiger partial charge in [0.1, 0.15) is 5.69 Å². The Balaban J connectivity index is 1.47. The van der Waals surface area contributed by atoms with Gasteiger partial charge in [-0.1, -0.05) is 13.0 Å². The topological polar surface area (TPSA) is 94.3 Å². The lowest BCUT2D eigenvalue weighted by Gasteiger charge is -2.58. The van der Waals surface area contributed by atoms with Crippen molar-refractivity contribution in [2.24, 2.45) is 28.9 Å². The van der Waals surface area contributed by atoms with E-state index in [2.05, 4.69) is 10.3 Å². The second-order valence-corrected chi connectivity index (χ2v) is 8.32. The Bertz CT molecular complexity index is 704. The number of hydrogen-bond acceptors (Lipinski definition) is 4. The molecule has 4 fully saturated rings. The maximum absolute atomic E-state index is 12.8. The Kier molecular flexibility index (Phi) is 4.37. The van der Waals surface area contributed by atoms with Gasteiger partial charge in [0.2, 0.25) is 11.8 Å². The van der Waals surface area contributed by atoms with E-state index in [0.717, 1.165) is 38.5 Å². The van der Waals surface area contributed by atoms with Crippen molar-refractivity contribution < 1.29 is 14.3 Å². The van der Waals surface area contributed by atoms with Crippen LogP contribution in [0.3, 0.4) is 0 Å². The molecule has 6 nitrogen and oxygen atoms in total. The first-order chi connectivity index (χ1) is 12.5. The van der Waals surface area contributed by atoms with Crippen LogP contribution in [0.15, 0.2) is 18.2 Å². The van der Waals surface area contributed by atoms with Crippen LogP contribution < -0.4 is 15.8 Å².